The molecule has 1 aromatic carbocycles. The van der Waals surface area contributed by atoms with Crippen molar-refractivity contribution >= 4 is 11.6 Å². The van der Waals surface area contributed by atoms with E-state index in [1.54, 1.807) is 11.0 Å². The predicted molar refractivity (Wildman–Crippen MR) is 82.3 cm³/mol. The lowest BCUT2D eigenvalue weighted by molar-refractivity contribution is 0.0987. The summed E-state index contributed by atoms with van der Waals surface area (Å²) in [5, 5.41) is 0. The van der Waals surface area contributed by atoms with E-state index in [4.69, 9.17) is 0 Å². The van der Waals surface area contributed by atoms with Crippen molar-refractivity contribution in [1.29, 1.82) is 0 Å². The minimum absolute atomic E-state index is 0.0716. The van der Waals surface area contributed by atoms with Gasteiger partial charge in [0.1, 0.15) is 5.69 Å². The molecule has 0 radical (unpaired) electrons. The second-order valence-corrected chi connectivity index (χ2v) is 4.96. The maximum absolute atomic E-state index is 12.6. The van der Waals surface area contributed by atoms with Crippen molar-refractivity contribution in [3.8, 4) is 0 Å². The zero-order valence-electron chi connectivity index (χ0n) is 12.5. The van der Waals surface area contributed by atoms with Crippen LogP contribution in [0.5, 0.6) is 0 Å². The van der Waals surface area contributed by atoms with Crippen LogP contribution in [0.25, 0.3) is 0 Å². The molecule has 0 fully saturated rings. The van der Waals surface area contributed by atoms with Crippen molar-refractivity contribution in [2.24, 2.45) is 0 Å². The first kappa shape index (κ1) is 14.3. The van der Waals surface area contributed by atoms with E-state index in [1.807, 2.05) is 45.2 Å². The van der Waals surface area contributed by atoms with Crippen molar-refractivity contribution in [2.45, 2.75) is 27.2 Å². The number of hydrogen-bond donors (Lipinski definition) is 0. The number of amides is 1. The first-order valence-electron chi connectivity index (χ1n) is 6.84. The van der Waals surface area contributed by atoms with Crippen LogP contribution in [0.4, 0.5) is 5.69 Å². The number of hydrogen-bond acceptors (Lipinski definition) is 2. The van der Waals surface area contributed by atoms with Gasteiger partial charge in [-0.2, -0.15) is 0 Å². The highest BCUT2D eigenvalue weighted by molar-refractivity contribution is 6.05. The minimum atomic E-state index is -0.0716. The van der Waals surface area contributed by atoms with Gasteiger partial charge in [0.2, 0.25) is 0 Å². The molecular formula is C17H20N2O. The molecule has 0 atom stereocenters. The summed E-state index contributed by atoms with van der Waals surface area (Å²) in [6.45, 7) is 6.02. The Labute approximate surface area is 120 Å². The van der Waals surface area contributed by atoms with E-state index in [-0.39, 0.29) is 5.91 Å². The number of nitrogens with zero attached hydrogens (tertiary/aromatic N) is 2. The number of aromatic nitrogens is 1. The van der Waals surface area contributed by atoms with Crippen LogP contribution in [0, 0.1) is 13.8 Å². The second-order valence-electron chi connectivity index (χ2n) is 4.96. The molecule has 2 aromatic rings. The summed E-state index contributed by atoms with van der Waals surface area (Å²) in [4.78, 5) is 18.6. The quantitative estimate of drug-likeness (QED) is 0.853. The number of carbonyl (C=O) groups is 1. The maximum Gasteiger partial charge on any atom is 0.276 e. The second kappa shape index (κ2) is 5.87. The molecule has 0 unspecified atom stereocenters. The van der Waals surface area contributed by atoms with Gasteiger partial charge in [0.05, 0.1) is 0 Å². The number of rotatable bonds is 3. The van der Waals surface area contributed by atoms with Gasteiger partial charge >= 0.3 is 0 Å². The van der Waals surface area contributed by atoms with E-state index >= 15 is 0 Å². The van der Waals surface area contributed by atoms with Crippen LogP contribution in [0.2, 0.25) is 0 Å². The van der Waals surface area contributed by atoms with Gasteiger partial charge in [-0.1, -0.05) is 31.2 Å². The lowest BCUT2D eigenvalue weighted by atomic mass is 10.0. The van der Waals surface area contributed by atoms with Gasteiger partial charge < -0.3 is 4.90 Å². The molecule has 0 bridgehead atoms. The topological polar surface area (TPSA) is 33.2 Å². The third-order valence-electron chi connectivity index (χ3n) is 3.45. The fourth-order valence-corrected chi connectivity index (χ4v) is 2.42. The molecule has 3 heteroatoms. The zero-order chi connectivity index (χ0) is 14.7. The zero-order valence-corrected chi connectivity index (χ0v) is 12.5. The Morgan fingerprint density at radius 3 is 2.50 bits per heavy atom. The summed E-state index contributed by atoms with van der Waals surface area (Å²) in [7, 11) is 1.81. The first-order valence-corrected chi connectivity index (χ1v) is 6.84. The highest BCUT2D eigenvalue weighted by atomic mass is 16.2. The Balaban J connectivity index is 2.41. The molecule has 0 saturated carbocycles. The monoisotopic (exact) mass is 268 g/mol. The van der Waals surface area contributed by atoms with Crippen LogP contribution in [-0.2, 0) is 6.42 Å². The van der Waals surface area contributed by atoms with Gasteiger partial charge in [-0.3, -0.25) is 4.79 Å². The predicted octanol–water partition coefficient (Wildman–Crippen LogP) is 3.54. The molecule has 3 nitrogen and oxygen atoms in total. The fraction of sp³-hybridized carbons (Fsp3) is 0.294. The molecule has 0 spiro atoms. The van der Waals surface area contributed by atoms with Crippen LogP contribution in [0.1, 0.15) is 34.2 Å². The summed E-state index contributed by atoms with van der Waals surface area (Å²) < 4.78 is 0. The number of aryl methyl sites for hydroxylation is 3. The number of carbonyl (C=O) groups excluding carboxylic acids is 1. The van der Waals surface area contributed by atoms with Crippen molar-refractivity contribution < 1.29 is 4.79 Å². The highest BCUT2D eigenvalue weighted by Gasteiger charge is 2.18. The molecular weight excluding hydrogens is 248 g/mol. The average molecular weight is 268 g/mol. The van der Waals surface area contributed by atoms with Gasteiger partial charge in [-0.25, -0.2) is 4.98 Å². The lowest BCUT2D eigenvalue weighted by Crippen LogP contribution is -2.28. The number of pyridine rings is 1. The van der Waals surface area contributed by atoms with E-state index in [0.717, 1.165) is 23.4 Å². The van der Waals surface area contributed by atoms with Crippen LogP contribution >= 0.6 is 0 Å². The summed E-state index contributed by atoms with van der Waals surface area (Å²) in [6.07, 6.45) is 0.899. The molecule has 0 N–H and O–H groups in total. The molecule has 104 valence electrons. The van der Waals surface area contributed by atoms with Crippen LogP contribution in [0.15, 0.2) is 36.4 Å². The standard InChI is InChI=1S/C17H20N2O/c1-5-14-10-6-8-12(2)16(14)19(4)17(20)15-11-7-9-13(3)18-15/h6-11H,5H2,1-4H3. The summed E-state index contributed by atoms with van der Waals surface area (Å²) in [5.74, 6) is -0.0716. The van der Waals surface area contributed by atoms with Crippen molar-refractivity contribution in [3.63, 3.8) is 0 Å². The highest BCUT2D eigenvalue weighted by Crippen LogP contribution is 2.25. The number of benzene rings is 1. The Morgan fingerprint density at radius 2 is 1.85 bits per heavy atom. The van der Waals surface area contributed by atoms with E-state index in [1.165, 1.54) is 5.56 Å². The third-order valence-corrected chi connectivity index (χ3v) is 3.45. The van der Waals surface area contributed by atoms with E-state index in [2.05, 4.69) is 18.0 Å². The van der Waals surface area contributed by atoms with Gasteiger partial charge in [0.25, 0.3) is 5.91 Å². The number of para-hydroxylation sites is 1. The Bertz CT molecular complexity index is 635. The normalized spacial score (nSPS) is 10.4. The summed E-state index contributed by atoms with van der Waals surface area (Å²) in [6, 6.07) is 11.6. The van der Waals surface area contributed by atoms with Crippen molar-refractivity contribution in [1.82, 2.24) is 4.98 Å². The molecule has 1 amide bonds. The van der Waals surface area contributed by atoms with Crippen LogP contribution in [-0.4, -0.2) is 17.9 Å². The van der Waals surface area contributed by atoms with E-state index in [0.29, 0.717) is 5.69 Å². The molecule has 20 heavy (non-hydrogen) atoms. The molecule has 2 rings (SSSR count). The third kappa shape index (κ3) is 2.72. The minimum Gasteiger partial charge on any atom is -0.310 e. The molecule has 1 aromatic heterocycles. The molecule has 0 aliphatic carbocycles. The number of anilines is 1. The fourth-order valence-electron chi connectivity index (χ4n) is 2.42. The molecule has 0 aliphatic rings. The smallest absolute Gasteiger partial charge is 0.276 e. The molecule has 1 heterocycles. The Morgan fingerprint density at radius 1 is 1.15 bits per heavy atom. The SMILES string of the molecule is CCc1cccc(C)c1N(C)C(=O)c1cccc(C)n1. The van der Waals surface area contributed by atoms with Crippen molar-refractivity contribution in [2.75, 3.05) is 11.9 Å². The average Bonchev–Trinajstić information content (AvgIpc) is 2.45. The van der Waals surface area contributed by atoms with Gasteiger partial charge in [-0.15, -0.1) is 0 Å². The lowest BCUT2D eigenvalue weighted by Gasteiger charge is -2.22. The molecule has 0 saturated heterocycles. The summed E-state index contributed by atoms with van der Waals surface area (Å²) in [5.41, 5.74) is 4.60. The molecule has 0 aliphatic heterocycles. The maximum atomic E-state index is 12.6. The van der Waals surface area contributed by atoms with Gasteiger partial charge in [0, 0.05) is 18.4 Å². The first-order chi connectivity index (χ1) is 9.54. The van der Waals surface area contributed by atoms with E-state index in [9.17, 15) is 4.79 Å². The Hall–Kier alpha value is -2.16. The van der Waals surface area contributed by atoms with Crippen LogP contribution in [0.3, 0.4) is 0 Å². The van der Waals surface area contributed by atoms with E-state index < -0.39 is 0 Å². The summed E-state index contributed by atoms with van der Waals surface area (Å²) >= 11 is 0. The largest absolute Gasteiger partial charge is 0.310 e. The van der Waals surface area contributed by atoms with Crippen molar-refractivity contribution in [3.05, 3.63) is 58.9 Å². The van der Waals surface area contributed by atoms with Gasteiger partial charge in [-0.05, 0) is 43.5 Å². The van der Waals surface area contributed by atoms with Crippen LogP contribution < -0.4 is 4.90 Å². The van der Waals surface area contributed by atoms with Gasteiger partial charge in [0.15, 0.2) is 0 Å². The Kier molecular flexibility index (Phi) is 4.18.